The van der Waals surface area contributed by atoms with Crippen molar-refractivity contribution in [1.29, 1.82) is 0 Å². The molecule has 2 aliphatic rings. The maximum Gasteiger partial charge on any atom is 0.335 e. The average molecular weight is 179 g/mol. The molecule has 0 aromatic rings. The summed E-state index contributed by atoms with van der Waals surface area (Å²) in [4.78, 5) is 10.7. The summed E-state index contributed by atoms with van der Waals surface area (Å²) >= 11 is 0. The molecular formula is C10H13NO2. The van der Waals surface area contributed by atoms with E-state index in [2.05, 4.69) is 5.32 Å². The summed E-state index contributed by atoms with van der Waals surface area (Å²) in [6.45, 7) is 0.981. The van der Waals surface area contributed by atoms with Gasteiger partial charge in [0.15, 0.2) is 0 Å². The third-order valence-corrected chi connectivity index (χ3v) is 2.68. The SMILES string of the molecule is O=C(O)C1=CCC2CCCNC2=C1. The van der Waals surface area contributed by atoms with Gasteiger partial charge in [-0.3, -0.25) is 0 Å². The molecule has 0 saturated carbocycles. The number of carboxylic acid groups (broad SMARTS) is 1. The highest BCUT2D eigenvalue weighted by molar-refractivity contribution is 5.90. The summed E-state index contributed by atoms with van der Waals surface area (Å²) in [6, 6.07) is 0. The summed E-state index contributed by atoms with van der Waals surface area (Å²) in [7, 11) is 0. The Kier molecular flexibility index (Phi) is 2.08. The molecule has 2 N–H and O–H groups in total. The largest absolute Gasteiger partial charge is 0.478 e. The predicted molar refractivity (Wildman–Crippen MR) is 49.1 cm³/mol. The molecule has 1 saturated heterocycles. The van der Waals surface area contributed by atoms with E-state index in [9.17, 15) is 4.79 Å². The van der Waals surface area contributed by atoms with Crippen LogP contribution in [0.2, 0.25) is 0 Å². The first-order chi connectivity index (χ1) is 6.27. The van der Waals surface area contributed by atoms with Crippen LogP contribution in [0.15, 0.2) is 23.4 Å². The number of piperidine rings is 1. The second-order valence-corrected chi connectivity index (χ2v) is 3.57. The van der Waals surface area contributed by atoms with Gasteiger partial charge in [0.1, 0.15) is 0 Å². The Morgan fingerprint density at radius 3 is 3.23 bits per heavy atom. The molecule has 0 spiro atoms. The summed E-state index contributed by atoms with van der Waals surface area (Å²) < 4.78 is 0. The summed E-state index contributed by atoms with van der Waals surface area (Å²) in [5, 5.41) is 12.1. The van der Waals surface area contributed by atoms with Crippen molar-refractivity contribution >= 4 is 5.97 Å². The monoisotopic (exact) mass is 179 g/mol. The van der Waals surface area contributed by atoms with Crippen molar-refractivity contribution in [1.82, 2.24) is 5.32 Å². The second-order valence-electron chi connectivity index (χ2n) is 3.57. The van der Waals surface area contributed by atoms with Crippen LogP contribution < -0.4 is 5.32 Å². The van der Waals surface area contributed by atoms with Gasteiger partial charge < -0.3 is 10.4 Å². The number of aliphatic carboxylic acids is 1. The number of carbonyl (C=O) groups is 1. The van der Waals surface area contributed by atoms with Crippen molar-refractivity contribution in [2.75, 3.05) is 6.54 Å². The molecule has 1 heterocycles. The molecule has 0 aromatic carbocycles. The van der Waals surface area contributed by atoms with Gasteiger partial charge in [-0.2, -0.15) is 0 Å². The van der Waals surface area contributed by atoms with Gasteiger partial charge in [0.25, 0.3) is 0 Å². The molecule has 3 heteroatoms. The number of nitrogens with one attached hydrogen (secondary N) is 1. The van der Waals surface area contributed by atoms with Gasteiger partial charge in [0.05, 0.1) is 5.57 Å². The molecule has 1 unspecified atom stereocenters. The lowest BCUT2D eigenvalue weighted by atomic mass is 9.87. The van der Waals surface area contributed by atoms with Crippen LogP contribution in [0, 0.1) is 5.92 Å². The van der Waals surface area contributed by atoms with E-state index in [4.69, 9.17) is 5.11 Å². The quantitative estimate of drug-likeness (QED) is 0.637. The Balaban J connectivity index is 2.18. The van der Waals surface area contributed by atoms with E-state index >= 15 is 0 Å². The van der Waals surface area contributed by atoms with Crippen LogP contribution in [0.4, 0.5) is 0 Å². The first-order valence-corrected chi connectivity index (χ1v) is 4.66. The molecule has 2 rings (SSSR count). The van der Waals surface area contributed by atoms with Crippen LogP contribution in [0.3, 0.4) is 0 Å². The molecule has 1 atom stereocenters. The van der Waals surface area contributed by atoms with E-state index in [-0.39, 0.29) is 0 Å². The normalized spacial score (nSPS) is 26.6. The van der Waals surface area contributed by atoms with Crippen molar-refractivity contribution in [3.63, 3.8) is 0 Å². The number of hydrogen-bond acceptors (Lipinski definition) is 2. The van der Waals surface area contributed by atoms with Gasteiger partial charge in [-0.25, -0.2) is 4.79 Å². The van der Waals surface area contributed by atoms with Crippen molar-refractivity contribution < 1.29 is 9.90 Å². The minimum Gasteiger partial charge on any atom is -0.478 e. The lowest BCUT2D eigenvalue weighted by Crippen LogP contribution is -2.29. The third-order valence-electron chi connectivity index (χ3n) is 2.68. The number of carboxylic acids is 1. The summed E-state index contributed by atoms with van der Waals surface area (Å²) in [6.07, 6.45) is 6.85. The molecule has 1 aliphatic carbocycles. The Morgan fingerprint density at radius 1 is 1.62 bits per heavy atom. The molecule has 0 amide bonds. The Labute approximate surface area is 77.1 Å². The molecule has 13 heavy (non-hydrogen) atoms. The van der Waals surface area contributed by atoms with E-state index in [1.807, 2.05) is 6.08 Å². The lowest BCUT2D eigenvalue weighted by Gasteiger charge is -2.28. The highest BCUT2D eigenvalue weighted by Crippen LogP contribution is 2.28. The maximum absolute atomic E-state index is 10.7. The molecule has 70 valence electrons. The molecular weight excluding hydrogens is 166 g/mol. The van der Waals surface area contributed by atoms with Crippen molar-refractivity contribution in [2.24, 2.45) is 5.92 Å². The minimum atomic E-state index is -0.821. The van der Waals surface area contributed by atoms with E-state index in [0.717, 1.165) is 18.7 Å². The zero-order valence-corrected chi connectivity index (χ0v) is 7.42. The number of rotatable bonds is 1. The molecule has 1 fully saturated rings. The Morgan fingerprint density at radius 2 is 2.46 bits per heavy atom. The minimum absolute atomic E-state index is 0.431. The van der Waals surface area contributed by atoms with E-state index in [0.29, 0.717) is 11.5 Å². The van der Waals surface area contributed by atoms with Crippen LogP contribution in [-0.4, -0.2) is 17.6 Å². The van der Waals surface area contributed by atoms with E-state index in [1.165, 1.54) is 12.8 Å². The smallest absolute Gasteiger partial charge is 0.335 e. The molecule has 3 nitrogen and oxygen atoms in total. The number of fused-ring (bicyclic) bond motifs is 1. The highest BCUT2D eigenvalue weighted by Gasteiger charge is 2.22. The van der Waals surface area contributed by atoms with Crippen LogP contribution in [0.1, 0.15) is 19.3 Å². The maximum atomic E-state index is 10.7. The summed E-state index contributed by atoms with van der Waals surface area (Å²) in [5.41, 5.74) is 1.55. The fourth-order valence-electron chi connectivity index (χ4n) is 1.94. The molecule has 0 radical (unpaired) electrons. The molecule has 1 aliphatic heterocycles. The predicted octanol–water partition coefficient (Wildman–Crippen LogP) is 1.28. The first kappa shape index (κ1) is 8.35. The lowest BCUT2D eigenvalue weighted by molar-refractivity contribution is -0.132. The summed E-state index contributed by atoms with van der Waals surface area (Å²) in [5.74, 6) is -0.282. The van der Waals surface area contributed by atoms with Gasteiger partial charge in [0.2, 0.25) is 0 Å². The van der Waals surface area contributed by atoms with E-state index in [1.54, 1.807) is 6.08 Å². The zero-order valence-electron chi connectivity index (χ0n) is 7.42. The van der Waals surface area contributed by atoms with Crippen LogP contribution in [0.25, 0.3) is 0 Å². The molecule has 0 bridgehead atoms. The van der Waals surface area contributed by atoms with Gasteiger partial charge in [-0.15, -0.1) is 0 Å². The number of allylic oxidation sites excluding steroid dienone is 2. The topological polar surface area (TPSA) is 49.3 Å². The molecule has 0 aromatic heterocycles. The van der Waals surface area contributed by atoms with Crippen LogP contribution in [0.5, 0.6) is 0 Å². The fourth-order valence-corrected chi connectivity index (χ4v) is 1.94. The first-order valence-electron chi connectivity index (χ1n) is 4.66. The third kappa shape index (κ3) is 1.59. The van der Waals surface area contributed by atoms with E-state index < -0.39 is 5.97 Å². The van der Waals surface area contributed by atoms with Crippen molar-refractivity contribution in [3.8, 4) is 0 Å². The van der Waals surface area contributed by atoms with Crippen molar-refractivity contribution in [3.05, 3.63) is 23.4 Å². The van der Waals surface area contributed by atoms with Crippen molar-refractivity contribution in [2.45, 2.75) is 19.3 Å². The standard InChI is InChI=1S/C10H13NO2/c12-10(13)8-4-3-7-2-1-5-11-9(7)6-8/h4,6-7,11H,1-3,5H2,(H,12,13). The Hall–Kier alpha value is -1.25. The van der Waals surface area contributed by atoms with Gasteiger partial charge in [-0.1, -0.05) is 6.08 Å². The number of hydrogen-bond donors (Lipinski definition) is 2. The Bertz CT molecular complexity index is 291. The highest BCUT2D eigenvalue weighted by atomic mass is 16.4. The average Bonchev–Trinajstić information content (AvgIpc) is 2.17. The van der Waals surface area contributed by atoms with Crippen LogP contribution in [-0.2, 0) is 4.79 Å². The van der Waals surface area contributed by atoms with Gasteiger partial charge >= 0.3 is 5.97 Å². The van der Waals surface area contributed by atoms with Crippen LogP contribution >= 0.6 is 0 Å². The second kappa shape index (κ2) is 3.24. The zero-order chi connectivity index (χ0) is 9.26. The van der Waals surface area contributed by atoms with Gasteiger partial charge in [0, 0.05) is 18.2 Å². The fraction of sp³-hybridized carbons (Fsp3) is 0.500. The van der Waals surface area contributed by atoms with Gasteiger partial charge in [-0.05, 0) is 25.3 Å².